The predicted molar refractivity (Wildman–Crippen MR) is 150 cm³/mol. The smallest absolute Gasteiger partial charge is 0.444 e. The number of halogens is 3. The molecular formula is C31H26F3N3O5. The van der Waals surface area contributed by atoms with E-state index in [1.165, 1.54) is 24.3 Å². The molecule has 2 amide bonds. The first kappa shape index (κ1) is 29.8. The molecule has 3 aromatic carbocycles. The standard InChI is InChI=1S/C31H26F3N3O5/c32-31(33,34)28(39)25(18-21-10-4-1-5-11-21)35-27(38)19-37-26(23-14-8-3-9-15-23)17-16-24(29(37)40)36-30(41)42-20-22-12-6-2-7-13-22/h1-17,25H,18-20H2,(H,35,38)(H,36,41). The maximum absolute atomic E-state index is 13.4. The van der Waals surface area contributed by atoms with Crippen LogP contribution in [0.1, 0.15) is 11.1 Å². The van der Waals surface area contributed by atoms with E-state index >= 15 is 0 Å². The summed E-state index contributed by atoms with van der Waals surface area (Å²) < 4.78 is 46.3. The van der Waals surface area contributed by atoms with Crippen molar-refractivity contribution >= 4 is 23.5 Å². The Labute approximate surface area is 238 Å². The highest BCUT2D eigenvalue weighted by molar-refractivity contribution is 5.93. The number of ketones is 1. The van der Waals surface area contributed by atoms with Crippen LogP contribution in [0.25, 0.3) is 11.3 Å². The quantitative estimate of drug-likeness (QED) is 0.272. The van der Waals surface area contributed by atoms with Crippen LogP contribution in [0.4, 0.5) is 23.7 Å². The van der Waals surface area contributed by atoms with Gasteiger partial charge in [0.15, 0.2) is 0 Å². The fraction of sp³-hybridized carbons (Fsp3) is 0.161. The summed E-state index contributed by atoms with van der Waals surface area (Å²) in [7, 11) is 0. The third-order valence-corrected chi connectivity index (χ3v) is 6.21. The molecule has 2 N–H and O–H groups in total. The lowest BCUT2D eigenvalue weighted by molar-refractivity contribution is -0.173. The highest BCUT2D eigenvalue weighted by Crippen LogP contribution is 2.21. The fourth-order valence-corrected chi connectivity index (χ4v) is 4.20. The topological polar surface area (TPSA) is 106 Å². The highest BCUT2D eigenvalue weighted by Gasteiger charge is 2.44. The van der Waals surface area contributed by atoms with Crippen LogP contribution in [-0.2, 0) is 33.9 Å². The lowest BCUT2D eigenvalue weighted by atomic mass is 10.0. The van der Waals surface area contributed by atoms with E-state index < -0.39 is 48.5 Å². The van der Waals surface area contributed by atoms with Gasteiger partial charge in [-0.3, -0.25) is 24.3 Å². The molecule has 216 valence electrons. The van der Waals surface area contributed by atoms with Crippen LogP contribution < -0.4 is 16.2 Å². The number of hydrogen-bond donors (Lipinski definition) is 2. The van der Waals surface area contributed by atoms with Crippen molar-refractivity contribution in [3.8, 4) is 11.3 Å². The average molecular weight is 578 g/mol. The SMILES string of the molecule is O=C(Cn1c(-c2ccccc2)ccc(NC(=O)OCc2ccccc2)c1=O)NC(Cc1ccccc1)C(=O)C(F)(F)F. The third-order valence-electron chi connectivity index (χ3n) is 6.21. The van der Waals surface area contributed by atoms with Crippen molar-refractivity contribution in [2.24, 2.45) is 0 Å². The highest BCUT2D eigenvalue weighted by atomic mass is 19.4. The molecule has 11 heteroatoms. The number of carbonyl (C=O) groups excluding carboxylic acids is 3. The number of amides is 2. The Morgan fingerprint density at radius 2 is 1.36 bits per heavy atom. The van der Waals surface area contributed by atoms with Crippen LogP contribution in [0.15, 0.2) is 108 Å². The molecular weight excluding hydrogens is 551 g/mol. The molecule has 0 aliphatic rings. The van der Waals surface area contributed by atoms with Gasteiger partial charge in [0, 0.05) is 6.42 Å². The first-order chi connectivity index (χ1) is 20.1. The van der Waals surface area contributed by atoms with E-state index in [-0.39, 0.29) is 18.0 Å². The molecule has 42 heavy (non-hydrogen) atoms. The van der Waals surface area contributed by atoms with Crippen LogP contribution in [0, 0.1) is 0 Å². The molecule has 0 aliphatic heterocycles. The van der Waals surface area contributed by atoms with Crippen LogP contribution >= 0.6 is 0 Å². The summed E-state index contributed by atoms with van der Waals surface area (Å²) in [6, 6.07) is 26.2. The second-order valence-corrected chi connectivity index (χ2v) is 9.25. The van der Waals surface area contributed by atoms with E-state index in [0.29, 0.717) is 11.1 Å². The number of hydrogen-bond acceptors (Lipinski definition) is 5. The zero-order chi connectivity index (χ0) is 30.1. The molecule has 1 aromatic heterocycles. The number of aromatic nitrogens is 1. The van der Waals surface area contributed by atoms with Crippen LogP contribution in [0.5, 0.6) is 0 Å². The van der Waals surface area contributed by atoms with E-state index in [0.717, 1.165) is 10.1 Å². The minimum Gasteiger partial charge on any atom is -0.444 e. The zero-order valence-corrected chi connectivity index (χ0v) is 22.1. The molecule has 0 aliphatic carbocycles. The molecule has 0 saturated heterocycles. The van der Waals surface area contributed by atoms with Gasteiger partial charge in [0.2, 0.25) is 5.91 Å². The molecule has 0 bridgehead atoms. The number of carbonyl (C=O) groups is 3. The van der Waals surface area contributed by atoms with E-state index in [2.05, 4.69) is 10.6 Å². The normalized spacial score (nSPS) is 11.8. The summed E-state index contributed by atoms with van der Waals surface area (Å²) in [6.45, 7) is -0.782. The summed E-state index contributed by atoms with van der Waals surface area (Å²) in [5.74, 6) is -3.12. The van der Waals surface area contributed by atoms with Gasteiger partial charge in [0.1, 0.15) is 24.9 Å². The molecule has 1 atom stereocenters. The van der Waals surface area contributed by atoms with Crippen LogP contribution in [-0.4, -0.2) is 34.6 Å². The van der Waals surface area contributed by atoms with Crippen LogP contribution in [0.3, 0.4) is 0 Å². The van der Waals surface area contributed by atoms with Crippen molar-refractivity contribution in [1.29, 1.82) is 0 Å². The molecule has 8 nitrogen and oxygen atoms in total. The molecule has 0 fully saturated rings. The maximum atomic E-state index is 13.4. The molecule has 1 unspecified atom stereocenters. The van der Waals surface area contributed by atoms with Gasteiger partial charge < -0.3 is 10.1 Å². The molecule has 1 heterocycles. The third kappa shape index (κ3) is 7.94. The number of nitrogens with zero attached hydrogens (tertiary/aromatic N) is 1. The van der Waals surface area contributed by atoms with Crippen molar-refractivity contribution in [1.82, 2.24) is 9.88 Å². The number of rotatable bonds is 10. The van der Waals surface area contributed by atoms with Crippen molar-refractivity contribution in [3.05, 3.63) is 125 Å². The number of benzene rings is 3. The summed E-state index contributed by atoms with van der Waals surface area (Å²) in [6.07, 6.45) is -6.51. The monoisotopic (exact) mass is 577 g/mol. The van der Waals surface area contributed by atoms with Crippen molar-refractivity contribution in [2.75, 3.05) is 5.32 Å². The van der Waals surface area contributed by atoms with Crippen molar-refractivity contribution in [2.45, 2.75) is 31.8 Å². The summed E-state index contributed by atoms with van der Waals surface area (Å²) in [4.78, 5) is 51.1. The molecule has 4 aromatic rings. The summed E-state index contributed by atoms with van der Waals surface area (Å²) in [5, 5.41) is 4.50. The van der Waals surface area contributed by atoms with Gasteiger partial charge in [-0.15, -0.1) is 0 Å². The van der Waals surface area contributed by atoms with E-state index in [1.807, 2.05) is 0 Å². The lowest BCUT2D eigenvalue weighted by Crippen LogP contribution is -2.49. The van der Waals surface area contributed by atoms with Gasteiger partial charge in [-0.1, -0.05) is 91.0 Å². The fourth-order valence-electron chi connectivity index (χ4n) is 4.20. The molecule has 4 rings (SSSR count). The van der Waals surface area contributed by atoms with Gasteiger partial charge in [0.05, 0.1) is 5.69 Å². The van der Waals surface area contributed by atoms with Gasteiger partial charge in [-0.2, -0.15) is 13.2 Å². The number of anilines is 1. The minimum absolute atomic E-state index is 0.0542. The van der Waals surface area contributed by atoms with E-state index in [9.17, 15) is 32.3 Å². The first-order valence-electron chi connectivity index (χ1n) is 12.8. The van der Waals surface area contributed by atoms with Crippen molar-refractivity contribution < 1.29 is 32.3 Å². The summed E-state index contributed by atoms with van der Waals surface area (Å²) >= 11 is 0. The second kappa shape index (κ2) is 13.4. The maximum Gasteiger partial charge on any atom is 0.452 e. The number of pyridine rings is 1. The van der Waals surface area contributed by atoms with Gasteiger partial charge >= 0.3 is 12.3 Å². The second-order valence-electron chi connectivity index (χ2n) is 9.25. The lowest BCUT2D eigenvalue weighted by Gasteiger charge is -2.20. The zero-order valence-electron chi connectivity index (χ0n) is 22.1. The minimum atomic E-state index is -5.19. The Morgan fingerprint density at radius 3 is 1.95 bits per heavy atom. The largest absolute Gasteiger partial charge is 0.452 e. The predicted octanol–water partition coefficient (Wildman–Crippen LogP) is 5.12. The molecule has 0 spiro atoms. The van der Waals surface area contributed by atoms with E-state index in [4.69, 9.17) is 4.74 Å². The number of alkyl halides is 3. The Hall–Kier alpha value is -5.19. The Kier molecular flexibility index (Phi) is 9.53. The Bertz CT molecular complexity index is 1590. The average Bonchev–Trinajstić information content (AvgIpc) is 2.98. The van der Waals surface area contributed by atoms with E-state index in [1.54, 1.807) is 78.9 Å². The first-order valence-corrected chi connectivity index (χ1v) is 12.8. The summed E-state index contributed by atoms with van der Waals surface area (Å²) in [5.41, 5.74) is 0.911. The van der Waals surface area contributed by atoms with Crippen molar-refractivity contribution in [3.63, 3.8) is 0 Å². The number of ether oxygens (including phenoxy) is 1. The number of nitrogens with one attached hydrogen (secondary N) is 2. The van der Waals surface area contributed by atoms with Gasteiger partial charge in [0.25, 0.3) is 11.3 Å². The Balaban J connectivity index is 1.59. The van der Waals surface area contributed by atoms with Gasteiger partial charge in [-0.05, 0) is 28.8 Å². The molecule has 0 radical (unpaired) electrons. The van der Waals surface area contributed by atoms with Crippen LogP contribution in [0.2, 0.25) is 0 Å². The Morgan fingerprint density at radius 1 is 0.786 bits per heavy atom. The van der Waals surface area contributed by atoms with Gasteiger partial charge in [-0.25, -0.2) is 4.79 Å². The number of Topliss-reactive ketones (excluding diaryl/α,β-unsaturated/α-hetero) is 1. The molecule has 0 saturated carbocycles.